The van der Waals surface area contributed by atoms with Crippen LogP contribution in [0.15, 0.2) is 42.5 Å². The first-order valence-electron chi connectivity index (χ1n) is 6.51. The van der Waals surface area contributed by atoms with Gasteiger partial charge in [0.1, 0.15) is 5.82 Å². The Hall–Kier alpha value is -2.56. The summed E-state index contributed by atoms with van der Waals surface area (Å²) in [5.74, 6) is 0.283. The number of carbonyl (C=O) groups excluding carboxylic acids is 1. The monoisotopic (exact) mass is 289 g/mol. The Balaban J connectivity index is 2.17. The van der Waals surface area contributed by atoms with Gasteiger partial charge in [0.2, 0.25) is 0 Å². The molecular weight excluding hydrogens is 273 g/mol. The van der Waals surface area contributed by atoms with Crippen molar-refractivity contribution in [2.75, 3.05) is 19.0 Å². The van der Waals surface area contributed by atoms with Crippen molar-refractivity contribution in [2.24, 2.45) is 0 Å². The molecule has 0 unspecified atom stereocenters. The largest absolute Gasteiger partial charge is 0.493 e. The molecule has 5 heteroatoms. The van der Waals surface area contributed by atoms with Gasteiger partial charge in [0, 0.05) is 17.3 Å². The number of ether oxygens (including phenoxy) is 2. The minimum Gasteiger partial charge on any atom is -0.493 e. The fourth-order valence-electron chi connectivity index (χ4n) is 1.85. The van der Waals surface area contributed by atoms with E-state index in [1.165, 1.54) is 25.3 Å². The van der Waals surface area contributed by atoms with Crippen molar-refractivity contribution in [1.82, 2.24) is 0 Å². The Labute approximate surface area is 122 Å². The predicted octanol–water partition coefficient (Wildman–Crippen LogP) is 3.49. The average molecular weight is 289 g/mol. The van der Waals surface area contributed by atoms with Gasteiger partial charge in [-0.1, -0.05) is 6.07 Å². The van der Waals surface area contributed by atoms with Crippen LogP contribution < -0.4 is 14.8 Å². The molecule has 0 spiro atoms. The second-order valence-corrected chi connectivity index (χ2v) is 4.26. The number of rotatable bonds is 5. The number of halogens is 1. The van der Waals surface area contributed by atoms with Crippen molar-refractivity contribution < 1.29 is 18.7 Å². The van der Waals surface area contributed by atoms with E-state index >= 15 is 0 Å². The summed E-state index contributed by atoms with van der Waals surface area (Å²) in [7, 11) is 1.52. The molecule has 1 amide bonds. The van der Waals surface area contributed by atoms with E-state index in [-0.39, 0.29) is 11.5 Å². The van der Waals surface area contributed by atoms with E-state index in [0.717, 1.165) is 0 Å². The van der Waals surface area contributed by atoms with E-state index in [2.05, 4.69) is 5.32 Å². The summed E-state index contributed by atoms with van der Waals surface area (Å²) in [6.45, 7) is 2.39. The number of benzene rings is 2. The Morgan fingerprint density at radius 2 is 2.00 bits per heavy atom. The molecular formula is C16H16FNO3. The molecule has 2 rings (SSSR count). The van der Waals surface area contributed by atoms with Crippen molar-refractivity contribution in [2.45, 2.75) is 6.92 Å². The number of amides is 1. The minimum absolute atomic E-state index is 0.253. The van der Waals surface area contributed by atoms with Gasteiger partial charge in [-0.3, -0.25) is 4.79 Å². The van der Waals surface area contributed by atoms with E-state index in [4.69, 9.17) is 9.47 Å². The van der Waals surface area contributed by atoms with Crippen molar-refractivity contribution in [1.29, 1.82) is 0 Å². The number of hydrogen-bond acceptors (Lipinski definition) is 3. The fraction of sp³-hybridized carbons (Fsp3) is 0.188. The second kappa shape index (κ2) is 6.74. The molecule has 0 aliphatic carbocycles. The maximum absolute atomic E-state index is 13.1. The van der Waals surface area contributed by atoms with Crippen LogP contribution in [0.25, 0.3) is 0 Å². The summed E-state index contributed by atoms with van der Waals surface area (Å²) >= 11 is 0. The molecule has 0 aliphatic heterocycles. The maximum atomic E-state index is 13.1. The van der Waals surface area contributed by atoms with Crippen molar-refractivity contribution in [3.63, 3.8) is 0 Å². The highest BCUT2D eigenvalue weighted by atomic mass is 19.1. The molecule has 2 aromatic rings. The zero-order valence-electron chi connectivity index (χ0n) is 11.9. The molecule has 0 bridgehead atoms. The molecule has 1 N–H and O–H groups in total. The van der Waals surface area contributed by atoms with Gasteiger partial charge < -0.3 is 14.8 Å². The topological polar surface area (TPSA) is 47.6 Å². The highest BCUT2D eigenvalue weighted by molar-refractivity contribution is 6.04. The first kappa shape index (κ1) is 14.8. The van der Waals surface area contributed by atoms with Gasteiger partial charge in [-0.15, -0.1) is 0 Å². The van der Waals surface area contributed by atoms with Crippen LogP contribution in [0.4, 0.5) is 10.1 Å². The highest BCUT2D eigenvalue weighted by Gasteiger charge is 2.10. The second-order valence-electron chi connectivity index (χ2n) is 4.26. The van der Waals surface area contributed by atoms with Gasteiger partial charge in [0.05, 0.1) is 13.7 Å². The van der Waals surface area contributed by atoms with Gasteiger partial charge in [-0.05, 0) is 37.3 Å². The van der Waals surface area contributed by atoms with Gasteiger partial charge >= 0.3 is 0 Å². The summed E-state index contributed by atoms with van der Waals surface area (Å²) in [4.78, 5) is 12.0. The summed E-state index contributed by atoms with van der Waals surface area (Å²) in [6.07, 6.45) is 0. The number of hydrogen-bond donors (Lipinski definition) is 1. The minimum atomic E-state index is -0.452. The van der Waals surface area contributed by atoms with Crippen molar-refractivity contribution in [3.05, 3.63) is 53.8 Å². The lowest BCUT2D eigenvalue weighted by atomic mass is 10.2. The molecule has 21 heavy (non-hydrogen) atoms. The number of nitrogens with one attached hydrogen (secondary N) is 1. The maximum Gasteiger partial charge on any atom is 0.255 e. The molecule has 0 radical (unpaired) electrons. The van der Waals surface area contributed by atoms with Crippen LogP contribution in [0.2, 0.25) is 0 Å². The fourth-order valence-corrected chi connectivity index (χ4v) is 1.85. The Kier molecular flexibility index (Phi) is 4.77. The normalized spacial score (nSPS) is 10.0. The van der Waals surface area contributed by atoms with Crippen LogP contribution in [0, 0.1) is 5.82 Å². The zero-order valence-corrected chi connectivity index (χ0v) is 11.9. The van der Waals surface area contributed by atoms with E-state index in [0.29, 0.717) is 23.8 Å². The number of carbonyl (C=O) groups is 1. The molecule has 0 aromatic heterocycles. The highest BCUT2D eigenvalue weighted by Crippen LogP contribution is 2.30. The van der Waals surface area contributed by atoms with Crippen LogP contribution in [-0.4, -0.2) is 19.6 Å². The van der Waals surface area contributed by atoms with Gasteiger partial charge in [-0.2, -0.15) is 0 Å². The molecule has 4 nitrogen and oxygen atoms in total. The third-order valence-corrected chi connectivity index (χ3v) is 2.81. The van der Waals surface area contributed by atoms with Gasteiger partial charge in [0.15, 0.2) is 11.5 Å². The van der Waals surface area contributed by atoms with Gasteiger partial charge in [0.25, 0.3) is 5.91 Å². The molecule has 0 aliphatic rings. The molecule has 2 aromatic carbocycles. The standard InChI is InChI=1S/C16H16FNO3/c1-3-21-14-8-7-13(10-15(14)20-2)18-16(19)11-5-4-6-12(17)9-11/h4-10H,3H2,1-2H3,(H,18,19). The zero-order chi connectivity index (χ0) is 15.2. The van der Waals surface area contributed by atoms with E-state index in [9.17, 15) is 9.18 Å². The third kappa shape index (κ3) is 3.72. The van der Waals surface area contributed by atoms with Gasteiger partial charge in [-0.25, -0.2) is 4.39 Å². The van der Waals surface area contributed by atoms with E-state index < -0.39 is 5.82 Å². The molecule has 110 valence electrons. The Bertz CT molecular complexity index is 643. The van der Waals surface area contributed by atoms with Crippen LogP contribution in [0.1, 0.15) is 17.3 Å². The van der Waals surface area contributed by atoms with Crippen molar-refractivity contribution in [3.8, 4) is 11.5 Å². The lowest BCUT2D eigenvalue weighted by molar-refractivity contribution is 0.102. The molecule has 0 atom stereocenters. The Morgan fingerprint density at radius 1 is 1.19 bits per heavy atom. The van der Waals surface area contributed by atoms with E-state index in [1.54, 1.807) is 24.3 Å². The first-order valence-corrected chi connectivity index (χ1v) is 6.51. The summed E-state index contributed by atoms with van der Waals surface area (Å²) in [5, 5.41) is 2.69. The molecule has 0 heterocycles. The van der Waals surface area contributed by atoms with Crippen LogP contribution >= 0.6 is 0 Å². The summed E-state index contributed by atoms with van der Waals surface area (Å²) < 4.78 is 23.7. The lowest BCUT2D eigenvalue weighted by Crippen LogP contribution is -2.12. The first-order chi connectivity index (χ1) is 10.1. The van der Waals surface area contributed by atoms with Crippen LogP contribution in [0.3, 0.4) is 0 Å². The predicted molar refractivity (Wildman–Crippen MR) is 78.5 cm³/mol. The average Bonchev–Trinajstić information content (AvgIpc) is 2.49. The lowest BCUT2D eigenvalue weighted by Gasteiger charge is -2.11. The van der Waals surface area contributed by atoms with Crippen LogP contribution in [-0.2, 0) is 0 Å². The summed E-state index contributed by atoms with van der Waals surface area (Å²) in [5.41, 5.74) is 0.799. The SMILES string of the molecule is CCOc1ccc(NC(=O)c2cccc(F)c2)cc1OC. The summed E-state index contributed by atoms with van der Waals surface area (Å²) in [6, 6.07) is 10.6. The molecule has 0 saturated heterocycles. The van der Waals surface area contributed by atoms with Crippen LogP contribution in [0.5, 0.6) is 11.5 Å². The number of anilines is 1. The quantitative estimate of drug-likeness (QED) is 0.916. The van der Waals surface area contributed by atoms with E-state index in [1.807, 2.05) is 6.92 Å². The Morgan fingerprint density at radius 3 is 2.67 bits per heavy atom. The smallest absolute Gasteiger partial charge is 0.255 e. The van der Waals surface area contributed by atoms with Crippen molar-refractivity contribution >= 4 is 11.6 Å². The number of methoxy groups -OCH3 is 1. The third-order valence-electron chi connectivity index (χ3n) is 2.81. The molecule has 0 fully saturated rings. The molecule has 0 saturated carbocycles.